The van der Waals surface area contributed by atoms with Crippen LogP contribution < -0.4 is 29.5 Å². The summed E-state index contributed by atoms with van der Waals surface area (Å²) in [6.07, 6.45) is 2.18. The van der Waals surface area contributed by atoms with Crippen LogP contribution in [0.4, 0.5) is 21.5 Å². The first-order chi connectivity index (χ1) is 33.1. The Kier molecular flexibility index (Phi) is 25.4. The van der Waals surface area contributed by atoms with Gasteiger partial charge in [0.15, 0.2) is 4.84 Å². The lowest BCUT2D eigenvalue weighted by atomic mass is 10.0. The molecule has 2 unspecified atom stereocenters. The highest BCUT2D eigenvalue weighted by atomic mass is 35.5. The van der Waals surface area contributed by atoms with E-state index >= 15 is 0 Å². The van der Waals surface area contributed by atoms with Gasteiger partial charge < -0.3 is 38.9 Å². The van der Waals surface area contributed by atoms with Crippen LogP contribution >= 0.6 is 77.1 Å². The molecule has 0 aliphatic carbocycles. The Bertz CT molecular complexity index is 2600. The number of aryl methyl sites for hydroxylation is 2. The number of carboxylic acid groups (broad SMARTS) is 1. The molecule has 0 saturated heterocycles. The van der Waals surface area contributed by atoms with Gasteiger partial charge >= 0.3 is 24.4 Å². The van der Waals surface area contributed by atoms with E-state index in [-0.39, 0.29) is 51.1 Å². The second-order valence-electron chi connectivity index (χ2n) is 15.2. The van der Waals surface area contributed by atoms with E-state index in [1.54, 1.807) is 26.3 Å². The number of carbonyl (C=O) groups excluding carboxylic acids is 3. The smallest absolute Gasteiger partial charge is 0.339 e. The number of methoxy groups -OCH3 is 2. The third kappa shape index (κ3) is 18.2. The Hall–Kier alpha value is -3.99. The molecule has 0 spiro atoms. The summed E-state index contributed by atoms with van der Waals surface area (Å²) in [7, 11) is -1.16. The summed E-state index contributed by atoms with van der Waals surface area (Å²) < 4.78 is 43.0. The van der Waals surface area contributed by atoms with Crippen molar-refractivity contribution >= 4 is 118 Å². The zero-order valence-corrected chi connectivity index (χ0v) is 44.7. The molecule has 0 radical (unpaired) electrons. The largest absolute Gasteiger partial charge is 0.489 e. The molecule has 1 aromatic heterocycles. The van der Waals surface area contributed by atoms with Gasteiger partial charge in [0, 0.05) is 25.1 Å². The molecule has 2 aliphatic rings. The van der Waals surface area contributed by atoms with Crippen LogP contribution in [0.3, 0.4) is 0 Å². The first kappa shape index (κ1) is 60.3. The Morgan fingerprint density at radius 3 is 2.36 bits per heavy atom. The summed E-state index contributed by atoms with van der Waals surface area (Å²) in [6.45, 7) is 9.79. The van der Waals surface area contributed by atoms with Gasteiger partial charge in [-0.15, -0.1) is 23.4 Å². The fourth-order valence-electron chi connectivity index (χ4n) is 6.80. The second kappa shape index (κ2) is 29.5. The van der Waals surface area contributed by atoms with Crippen LogP contribution in [0.15, 0.2) is 69.3 Å². The van der Waals surface area contributed by atoms with E-state index in [1.807, 2.05) is 57.2 Å². The monoisotopic (exact) mass is 1110 g/mol. The number of fused-ring (bicyclic) bond motifs is 2. The number of para-hydroxylation sites is 3. The minimum absolute atomic E-state index is 0.0223. The molecule has 386 valence electrons. The topological polar surface area (TPSA) is 232 Å². The third-order valence-electron chi connectivity index (χ3n) is 9.92. The molecule has 4 aromatic rings. The molecule has 3 heterocycles. The lowest BCUT2D eigenvalue weighted by Gasteiger charge is -2.35. The van der Waals surface area contributed by atoms with Crippen LogP contribution in [0.25, 0.3) is 0 Å². The van der Waals surface area contributed by atoms with Crippen molar-refractivity contribution in [2.24, 2.45) is 4.99 Å². The number of carbonyl (C=O) groups is 4. The molecule has 26 heteroatoms. The van der Waals surface area contributed by atoms with Gasteiger partial charge in [-0.1, -0.05) is 72.1 Å². The number of benzene rings is 3. The van der Waals surface area contributed by atoms with E-state index in [0.29, 0.717) is 41.7 Å². The van der Waals surface area contributed by atoms with Gasteiger partial charge in [0.25, 0.3) is 5.91 Å². The highest BCUT2D eigenvalue weighted by Gasteiger charge is 2.32. The molecule has 6 rings (SSSR count). The number of carboxylic acids is 1. The fraction of sp³-hybridized carbons (Fsp3) is 0.455. The van der Waals surface area contributed by atoms with Gasteiger partial charge in [0.2, 0.25) is 10.7 Å². The molecule has 0 saturated carbocycles. The highest BCUT2D eigenvalue weighted by molar-refractivity contribution is 8.00. The molecule has 2 aliphatic heterocycles. The van der Waals surface area contributed by atoms with Gasteiger partial charge in [-0.2, -0.15) is 0 Å². The summed E-state index contributed by atoms with van der Waals surface area (Å²) in [5.74, 6) is -1.81. The lowest BCUT2D eigenvalue weighted by molar-refractivity contribution is -0.137. The van der Waals surface area contributed by atoms with E-state index < -0.39 is 43.0 Å². The predicted octanol–water partition coefficient (Wildman–Crippen LogP) is 7.36. The fourth-order valence-corrected chi connectivity index (χ4v) is 9.53. The van der Waals surface area contributed by atoms with Crippen LogP contribution in [0.2, 0.25) is 5.02 Å². The number of esters is 1. The van der Waals surface area contributed by atoms with Crippen LogP contribution in [-0.4, -0.2) is 117 Å². The quantitative estimate of drug-likeness (QED) is 0.0395. The summed E-state index contributed by atoms with van der Waals surface area (Å²) in [6, 6.07) is 16.0. The van der Waals surface area contributed by atoms with Crippen molar-refractivity contribution in [3.63, 3.8) is 0 Å². The number of nitrogens with zero attached hydrogens (tertiary/aromatic N) is 5. The van der Waals surface area contributed by atoms with Gasteiger partial charge in [0.1, 0.15) is 29.7 Å². The number of anilines is 2. The third-order valence-corrected chi connectivity index (χ3v) is 13.5. The maximum atomic E-state index is 14.3. The van der Waals surface area contributed by atoms with E-state index in [1.165, 1.54) is 13.2 Å². The van der Waals surface area contributed by atoms with Crippen LogP contribution in [0, 0.1) is 12.7 Å². The van der Waals surface area contributed by atoms with Crippen LogP contribution in [0.5, 0.6) is 5.75 Å². The van der Waals surface area contributed by atoms with E-state index in [2.05, 4.69) is 28.0 Å². The zero-order valence-electron chi connectivity index (χ0n) is 39.1. The van der Waals surface area contributed by atoms with E-state index in [0.717, 1.165) is 70.9 Å². The number of hydrogen-bond acceptors (Lipinski definition) is 13. The highest BCUT2D eigenvalue weighted by Crippen LogP contribution is 2.36. The van der Waals surface area contributed by atoms with Crippen molar-refractivity contribution in [2.75, 3.05) is 61.7 Å². The minimum atomic E-state index is -4.10. The summed E-state index contributed by atoms with van der Waals surface area (Å²) in [4.78, 5) is 81.0. The number of amides is 2. The first-order valence-electron chi connectivity index (χ1n) is 21.4. The number of aliphatic carboxylic acids is 1. The standard InChI is InChI=1S/C15H15ClFN3O3S2.C15H22ClNO2.C11H11Cl2NO2.C3H8NO5P/c1-23-13(21)8-24-12-7-11(10(17)6-9(12)16)18-14-19-4-2-3-5-20(19)15(22)25-14;1-5-13-8-6-7-11(2)15(13)17(14(18)9-16)12(3)10-19-4;1-7-6-16-9-5-3-2-4-8(9)14(7)11(15)10(12)13;5-3(6)1-4-2-10(7,8)9/h6-7H,2-5,8H2,1H3;6-8,12H,5,9-10H2,1-4H3;2-5,7,10H,6H2,1H3;4H,1-2H2,(H,5,6)(H2,7,8,9)/b18-14-;;;. The van der Waals surface area contributed by atoms with Crippen molar-refractivity contribution in [2.45, 2.75) is 81.9 Å². The average Bonchev–Trinajstić information content (AvgIpc) is 3.63. The number of halogens is 5. The normalized spacial score (nSPS) is 14.5. The number of ether oxygens (including phenoxy) is 3. The molecule has 2 amide bonds. The van der Waals surface area contributed by atoms with Crippen molar-refractivity contribution in [1.29, 1.82) is 0 Å². The van der Waals surface area contributed by atoms with Crippen molar-refractivity contribution in [3.8, 4) is 5.75 Å². The van der Waals surface area contributed by atoms with Gasteiger partial charge in [-0.25, -0.2) is 14.1 Å². The summed E-state index contributed by atoms with van der Waals surface area (Å²) >= 11 is 25.2. The molecule has 70 heavy (non-hydrogen) atoms. The molecule has 3 aromatic carbocycles. The Labute approximate surface area is 432 Å². The van der Waals surface area contributed by atoms with Crippen LogP contribution in [-0.2, 0) is 52.7 Å². The number of rotatable bonds is 15. The van der Waals surface area contributed by atoms with Gasteiger partial charge in [-0.3, -0.25) is 38.5 Å². The molecular formula is C44H56Cl4FN6O12PS2. The maximum Gasteiger partial charge on any atom is 0.339 e. The Balaban J connectivity index is 0.000000259. The lowest BCUT2D eigenvalue weighted by Crippen LogP contribution is -2.47. The van der Waals surface area contributed by atoms with Crippen LogP contribution in [0.1, 0.15) is 44.7 Å². The first-order valence-corrected chi connectivity index (χ1v) is 26.8. The zero-order chi connectivity index (χ0) is 52.3. The number of nitrogens with one attached hydrogen (secondary N) is 1. The van der Waals surface area contributed by atoms with Crippen molar-refractivity contribution in [3.05, 3.63) is 91.0 Å². The Morgan fingerprint density at radius 1 is 1.09 bits per heavy atom. The summed E-state index contributed by atoms with van der Waals surface area (Å²) in [5, 5.41) is 10.3. The summed E-state index contributed by atoms with van der Waals surface area (Å²) in [5.41, 5.74) is 4.01. The molecule has 4 N–H and O–H groups in total. The van der Waals surface area contributed by atoms with Gasteiger partial charge in [0.05, 0.1) is 60.8 Å². The number of thioether (sulfide) groups is 1. The molecular weight excluding hydrogens is 1060 g/mol. The molecule has 0 fully saturated rings. The van der Waals surface area contributed by atoms with Gasteiger partial charge in [-0.05, 0) is 86.8 Å². The van der Waals surface area contributed by atoms with Crippen molar-refractivity contribution in [1.82, 2.24) is 14.7 Å². The predicted molar refractivity (Wildman–Crippen MR) is 272 cm³/mol. The maximum absolute atomic E-state index is 14.3. The number of aromatic nitrogens is 2. The number of alkyl halides is 3. The SMILES string of the molecule is CC1COc2ccccc2N1C(=O)C(Cl)Cl.CCc1cccc(C)c1N(C(=O)CCl)C(C)COC.COC(=O)CSc1cc(/N=c2\sc(=O)n3n2CCCC3)c(F)cc1Cl.O=C(O)CNCP(=O)(O)O. The van der Waals surface area contributed by atoms with Crippen molar-refractivity contribution < 1.29 is 57.2 Å². The van der Waals surface area contributed by atoms with E-state index in [9.17, 15) is 32.9 Å². The minimum Gasteiger partial charge on any atom is -0.489 e. The second-order valence-corrected chi connectivity index (χ2v) is 20.6. The molecule has 18 nitrogen and oxygen atoms in total. The Morgan fingerprint density at radius 2 is 1.76 bits per heavy atom. The number of hydrogen-bond donors (Lipinski definition) is 4. The van der Waals surface area contributed by atoms with E-state index in [4.69, 9.17) is 70.8 Å². The average molecular weight is 1120 g/mol. The molecule has 2 atom stereocenters. The molecule has 0 bridgehead atoms.